The molecule has 1 aliphatic heterocycles. The number of ether oxygens (including phenoxy) is 1. The van der Waals surface area contributed by atoms with Crippen molar-refractivity contribution < 1.29 is 14.4 Å². The van der Waals surface area contributed by atoms with Gasteiger partial charge in [0.15, 0.2) is 6.29 Å². The first-order valence-corrected chi connectivity index (χ1v) is 8.67. The summed E-state index contributed by atoms with van der Waals surface area (Å²) in [6.07, 6.45) is 6.24. The lowest BCUT2D eigenvalue weighted by atomic mass is 9.95. The van der Waals surface area contributed by atoms with E-state index in [1.807, 2.05) is 0 Å². The van der Waals surface area contributed by atoms with Crippen LogP contribution in [-0.4, -0.2) is 25.5 Å². The Balaban J connectivity index is 1.23. The fourth-order valence-electron chi connectivity index (χ4n) is 4.18. The summed E-state index contributed by atoms with van der Waals surface area (Å²) in [6, 6.07) is 8.46. The number of hydroxylamine groups is 1. The van der Waals surface area contributed by atoms with Crippen molar-refractivity contribution in [3.8, 4) is 0 Å². The SMILES string of the molecule is O=C(NC[C@@H]1C[C@@]12CCc1ccccc12)NO[C@H]1CCCCO1. The largest absolute Gasteiger partial charge is 0.350 e. The highest BCUT2D eigenvalue weighted by Gasteiger charge is 2.57. The van der Waals surface area contributed by atoms with Gasteiger partial charge in [0, 0.05) is 25.0 Å². The number of carbonyl (C=O) groups excluding carboxylic acids is 1. The summed E-state index contributed by atoms with van der Waals surface area (Å²) in [4.78, 5) is 17.2. The molecular weight excluding hydrogens is 292 g/mol. The van der Waals surface area contributed by atoms with Crippen molar-refractivity contribution in [2.75, 3.05) is 13.2 Å². The molecule has 1 spiro atoms. The Kier molecular flexibility index (Phi) is 3.99. The molecular formula is C18H24N2O3. The van der Waals surface area contributed by atoms with Crippen molar-refractivity contribution >= 4 is 6.03 Å². The Bertz CT molecular complexity index is 585. The first-order chi connectivity index (χ1) is 11.3. The summed E-state index contributed by atoms with van der Waals surface area (Å²) < 4.78 is 5.42. The van der Waals surface area contributed by atoms with E-state index in [2.05, 4.69) is 35.1 Å². The van der Waals surface area contributed by atoms with Gasteiger partial charge >= 0.3 is 6.03 Å². The van der Waals surface area contributed by atoms with Crippen LogP contribution < -0.4 is 10.8 Å². The molecule has 0 unspecified atom stereocenters. The van der Waals surface area contributed by atoms with Gasteiger partial charge in [0.05, 0.1) is 0 Å². The highest BCUT2D eigenvalue weighted by atomic mass is 16.8. The molecule has 1 heterocycles. The lowest BCUT2D eigenvalue weighted by Crippen LogP contribution is -2.40. The summed E-state index contributed by atoms with van der Waals surface area (Å²) in [5.41, 5.74) is 5.76. The number of aryl methyl sites for hydroxylation is 1. The van der Waals surface area contributed by atoms with E-state index >= 15 is 0 Å². The highest BCUT2D eigenvalue weighted by Crippen LogP contribution is 2.61. The molecule has 5 nitrogen and oxygen atoms in total. The van der Waals surface area contributed by atoms with Gasteiger partial charge in [-0.15, -0.1) is 0 Å². The number of nitrogens with one attached hydrogen (secondary N) is 2. The second-order valence-electron chi connectivity index (χ2n) is 6.94. The van der Waals surface area contributed by atoms with Crippen molar-refractivity contribution in [1.82, 2.24) is 10.8 Å². The van der Waals surface area contributed by atoms with Crippen molar-refractivity contribution in [3.05, 3.63) is 35.4 Å². The highest BCUT2D eigenvalue weighted by molar-refractivity contribution is 5.72. The average Bonchev–Trinajstić information content (AvgIpc) is 3.19. The Labute approximate surface area is 136 Å². The molecule has 2 amide bonds. The van der Waals surface area contributed by atoms with Crippen LogP contribution in [0.5, 0.6) is 0 Å². The van der Waals surface area contributed by atoms with Crippen LogP contribution in [0.1, 0.15) is 43.2 Å². The van der Waals surface area contributed by atoms with Gasteiger partial charge in [-0.2, -0.15) is 0 Å². The van der Waals surface area contributed by atoms with E-state index in [0.29, 0.717) is 24.5 Å². The summed E-state index contributed by atoms with van der Waals surface area (Å²) in [5.74, 6) is 0.544. The van der Waals surface area contributed by atoms with E-state index < -0.39 is 0 Å². The van der Waals surface area contributed by atoms with E-state index in [1.165, 1.54) is 30.4 Å². The molecule has 0 aromatic heterocycles. The van der Waals surface area contributed by atoms with E-state index in [4.69, 9.17) is 9.57 Å². The fourth-order valence-corrected chi connectivity index (χ4v) is 4.18. The average molecular weight is 316 g/mol. The molecule has 124 valence electrons. The van der Waals surface area contributed by atoms with Gasteiger partial charge in [0.25, 0.3) is 0 Å². The second kappa shape index (κ2) is 6.13. The molecule has 3 atom stereocenters. The maximum absolute atomic E-state index is 11.9. The number of carbonyl (C=O) groups is 1. The van der Waals surface area contributed by atoms with Crippen LogP contribution in [0.25, 0.3) is 0 Å². The van der Waals surface area contributed by atoms with Crippen LogP contribution >= 0.6 is 0 Å². The Morgan fingerprint density at radius 2 is 2.26 bits per heavy atom. The molecule has 3 aliphatic rings. The monoisotopic (exact) mass is 316 g/mol. The molecule has 1 saturated carbocycles. The number of rotatable bonds is 4. The lowest BCUT2D eigenvalue weighted by molar-refractivity contribution is -0.186. The molecule has 2 fully saturated rings. The van der Waals surface area contributed by atoms with Gasteiger partial charge < -0.3 is 10.1 Å². The fraction of sp³-hybridized carbons (Fsp3) is 0.611. The number of hydrogen-bond acceptors (Lipinski definition) is 3. The topological polar surface area (TPSA) is 59.6 Å². The van der Waals surface area contributed by atoms with Crippen LogP contribution in [-0.2, 0) is 21.4 Å². The number of hydrogen-bond donors (Lipinski definition) is 2. The summed E-state index contributed by atoms with van der Waals surface area (Å²) in [7, 11) is 0. The van der Waals surface area contributed by atoms with Crippen LogP contribution in [0, 0.1) is 5.92 Å². The standard InChI is InChI=1S/C18H24N2O3/c21-17(20-23-16-7-3-4-10-22-16)19-12-14-11-18(14)9-8-13-5-1-2-6-15(13)18/h1-2,5-6,14,16H,3-4,7-12H2,(H2,19,20,21)/t14-,16-,18-/m0/s1. The summed E-state index contributed by atoms with van der Waals surface area (Å²) in [6.45, 7) is 1.41. The molecule has 1 aromatic rings. The van der Waals surface area contributed by atoms with Crippen molar-refractivity contribution in [1.29, 1.82) is 0 Å². The van der Waals surface area contributed by atoms with Gasteiger partial charge in [0.1, 0.15) is 0 Å². The van der Waals surface area contributed by atoms with Gasteiger partial charge in [-0.05, 0) is 49.1 Å². The van der Waals surface area contributed by atoms with Crippen LogP contribution in [0.15, 0.2) is 24.3 Å². The first-order valence-electron chi connectivity index (χ1n) is 8.67. The maximum atomic E-state index is 11.9. The minimum absolute atomic E-state index is 0.271. The molecule has 23 heavy (non-hydrogen) atoms. The molecule has 4 rings (SSSR count). The smallest absolute Gasteiger partial charge is 0.338 e. The number of amides is 2. The van der Waals surface area contributed by atoms with Gasteiger partial charge in [-0.25, -0.2) is 15.1 Å². The van der Waals surface area contributed by atoms with Gasteiger partial charge in [-0.3, -0.25) is 0 Å². The molecule has 0 bridgehead atoms. The van der Waals surface area contributed by atoms with E-state index in [0.717, 1.165) is 19.3 Å². The first kappa shape index (κ1) is 15.0. The lowest BCUT2D eigenvalue weighted by Gasteiger charge is -2.22. The molecule has 5 heteroatoms. The molecule has 0 radical (unpaired) electrons. The van der Waals surface area contributed by atoms with E-state index in [-0.39, 0.29) is 12.3 Å². The zero-order valence-electron chi connectivity index (χ0n) is 13.3. The van der Waals surface area contributed by atoms with Crippen molar-refractivity contribution in [2.24, 2.45) is 5.92 Å². The zero-order chi connectivity index (χ0) is 15.7. The van der Waals surface area contributed by atoms with E-state index in [1.54, 1.807) is 0 Å². The Morgan fingerprint density at radius 1 is 1.35 bits per heavy atom. The van der Waals surface area contributed by atoms with Crippen LogP contribution in [0.4, 0.5) is 4.79 Å². The zero-order valence-corrected chi connectivity index (χ0v) is 13.3. The summed E-state index contributed by atoms with van der Waals surface area (Å²) in [5, 5.41) is 2.94. The minimum Gasteiger partial charge on any atom is -0.350 e. The van der Waals surface area contributed by atoms with Crippen LogP contribution in [0.2, 0.25) is 0 Å². The molecule has 2 aliphatic carbocycles. The third-order valence-electron chi connectivity index (χ3n) is 5.56. The number of urea groups is 1. The molecule has 1 saturated heterocycles. The third kappa shape index (κ3) is 2.95. The Morgan fingerprint density at radius 3 is 3.13 bits per heavy atom. The predicted octanol–water partition coefficient (Wildman–Crippen LogP) is 2.65. The Hall–Kier alpha value is -1.59. The number of fused-ring (bicyclic) bond motifs is 2. The second-order valence-corrected chi connectivity index (χ2v) is 6.94. The number of benzene rings is 1. The normalized spacial score (nSPS) is 31.7. The molecule has 1 aromatic carbocycles. The third-order valence-corrected chi connectivity index (χ3v) is 5.56. The van der Waals surface area contributed by atoms with Crippen molar-refractivity contribution in [3.63, 3.8) is 0 Å². The van der Waals surface area contributed by atoms with Gasteiger partial charge in [0.2, 0.25) is 0 Å². The summed E-state index contributed by atoms with van der Waals surface area (Å²) >= 11 is 0. The predicted molar refractivity (Wildman–Crippen MR) is 85.8 cm³/mol. The van der Waals surface area contributed by atoms with Crippen molar-refractivity contribution in [2.45, 2.75) is 50.2 Å². The van der Waals surface area contributed by atoms with Crippen LogP contribution in [0.3, 0.4) is 0 Å². The maximum Gasteiger partial charge on any atom is 0.338 e. The van der Waals surface area contributed by atoms with Gasteiger partial charge in [-0.1, -0.05) is 24.3 Å². The molecule has 2 N–H and O–H groups in total. The quantitative estimate of drug-likeness (QED) is 0.840. The van der Waals surface area contributed by atoms with E-state index in [9.17, 15) is 4.79 Å². The minimum atomic E-state index is -0.302.